The molecule has 0 bridgehead atoms. The number of nitrogens with zero attached hydrogens (tertiary/aromatic N) is 1. The van der Waals surface area contributed by atoms with E-state index in [-0.39, 0.29) is 10.1 Å². The zero-order valence-corrected chi connectivity index (χ0v) is 10.1. The highest BCUT2D eigenvalue weighted by Gasteiger charge is 1.93. The summed E-state index contributed by atoms with van der Waals surface area (Å²) in [5.74, 6) is 0. The van der Waals surface area contributed by atoms with Crippen LogP contribution in [0, 0.1) is 11.3 Å². The molecule has 0 rings (SSSR count). The maximum absolute atomic E-state index is 7.91. The number of hydrogen-bond donors (Lipinski definition) is 0. The van der Waals surface area contributed by atoms with Crippen molar-refractivity contribution in [1.29, 1.82) is 5.26 Å². The van der Waals surface area contributed by atoms with Gasteiger partial charge in [-0.15, -0.1) is 0 Å². The minimum atomic E-state index is 0.239. The van der Waals surface area contributed by atoms with E-state index in [1.807, 2.05) is 0 Å². The van der Waals surface area contributed by atoms with Crippen molar-refractivity contribution in [2.75, 3.05) is 0 Å². The number of rotatable bonds is 2. The van der Waals surface area contributed by atoms with Crippen molar-refractivity contribution < 1.29 is 0 Å². The molecule has 0 spiro atoms. The summed E-state index contributed by atoms with van der Waals surface area (Å²) in [6.45, 7) is 6.62. The fraction of sp³-hybridized carbons (Fsp3) is 0. The highest BCUT2D eigenvalue weighted by molar-refractivity contribution is 6.48. The number of nitriles is 1. The van der Waals surface area contributed by atoms with E-state index in [1.165, 1.54) is 6.08 Å². The lowest BCUT2D eigenvalue weighted by Crippen LogP contribution is -1.64. The van der Waals surface area contributed by atoms with Gasteiger partial charge in [0.05, 0.1) is 16.1 Å². The summed E-state index contributed by atoms with van der Waals surface area (Å²) in [5, 5.41) is 8.39. The van der Waals surface area contributed by atoms with E-state index in [1.54, 1.807) is 6.07 Å². The van der Waals surface area contributed by atoms with Crippen LogP contribution in [0.15, 0.2) is 45.9 Å². The standard InChI is InChI=1S/C5H5N.C4H2Cl4/c1-3-5(2)4-6;5-1-3(7)4(8)2-6/h3H,1-2H2;1-2H. The molecule has 0 heterocycles. The lowest BCUT2D eigenvalue weighted by atomic mass is 10.3. The van der Waals surface area contributed by atoms with Crippen LogP contribution in [0.3, 0.4) is 0 Å². The smallest absolute Gasteiger partial charge is 0.0985 e. The van der Waals surface area contributed by atoms with Crippen molar-refractivity contribution in [3.8, 4) is 6.07 Å². The monoisotopic (exact) mass is 269 g/mol. The lowest BCUT2D eigenvalue weighted by Gasteiger charge is -1.86. The van der Waals surface area contributed by atoms with Gasteiger partial charge in [0.1, 0.15) is 0 Å². The molecule has 0 unspecified atom stereocenters. The SMILES string of the molecule is C=CC(=C)C#N.ClC=C(Cl)C(Cl)=CCl. The summed E-state index contributed by atoms with van der Waals surface area (Å²) >= 11 is 21.0. The molecule has 0 atom stereocenters. The Morgan fingerprint density at radius 2 is 1.50 bits per heavy atom. The minimum absolute atomic E-state index is 0.239. The van der Waals surface area contributed by atoms with Crippen molar-refractivity contribution in [2.45, 2.75) is 0 Å². The van der Waals surface area contributed by atoms with E-state index in [9.17, 15) is 0 Å². The number of hydrogen-bond acceptors (Lipinski definition) is 1. The van der Waals surface area contributed by atoms with Gasteiger partial charge in [-0.25, -0.2) is 0 Å². The van der Waals surface area contributed by atoms with Gasteiger partial charge in [-0.05, 0) is 0 Å². The van der Waals surface area contributed by atoms with E-state index >= 15 is 0 Å². The van der Waals surface area contributed by atoms with Gasteiger partial charge in [0.2, 0.25) is 0 Å². The molecule has 0 N–H and O–H groups in total. The van der Waals surface area contributed by atoms with E-state index in [0.29, 0.717) is 5.57 Å². The van der Waals surface area contributed by atoms with E-state index in [2.05, 4.69) is 13.2 Å². The Balaban J connectivity index is 0. The Kier molecular flexibility index (Phi) is 12.3. The second kappa shape index (κ2) is 10.7. The van der Waals surface area contributed by atoms with Crippen molar-refractivity contribution in [1.82, 2.24) is 0 Å². The van der Waals surface area contributed by atoms with Gasteiger partial charge in [0.15, 0.2) is 0 Å². The van der Waals surface area contributed by atoms with Gasteiger partial charge in [0.25, 0.3) is 0 Å². The fourth-order valence-electron chi connectivity index (χ4n) is 0.150. The van der Waals surface area contributed by atoms with E-state index < -0.39 is 0 Å². The largest absolute Gasteiger partial charge is 0.192 e. The number of allylic oxidation sites excluding steroid dienone is 4. The lowest BCUT2D eigenvalue weighted by molar-refractivity contribution is 1.51. The minimum Gasteiger partial charge on any atom is -0.192 e. The molecule has 0 aromatic heterocycles. The summed E-state index contributed by atoms with van der Waals surface area (Å²) in [6.07, 6.45) is 1.42. The molecule has 0 saturated carbocycles. The van der Waals surface area contributed by atoms with Crippen LogP contribution in [0.4, 0.5) is 0 Å². The van der Waals surface area contributed by atoms with Gasteiger partial charge in [-0.1, -0.05) is 65.6 Å². The normalized spacial score (nSPS) is 10.8. The quantitative estimate of drug-likeness (QED) is 0.518. The molecule has 76 valence electrons. The third kappa shape index (κ3) is 9.70. The molecular formula is C9H7Cl4N. The molecule has 0 saturated heterocycles. The zero-order valence-electron chi connectivity index (χ0n) is 7.11. The molecule has 1 nitrogen and oxygen atoms in total. The van der Waals surface area contributed by atoms with E-state index in [4.69, 9.17) is 51.7 Å². The van der Waals surface area contributed by atoms with Gasteiger partial charge < -0.3 is 0 Å². The fourth-order valence-corrected chi connectivity index (χ4v) is 0.606. The first-order chi connectivity index (χ1) is 6.53. The van der Waals surface area contributed by atoms with Gasteiger partial charge in [-0.2, -0.15) is 5.26 Å². The number of halogens is 4. The average Bonchev–Trinajstić information content (AvgIpc) is 2.26. The Morgan fingerprint density at radius 1 is 1.14 bits per heavy atom. The van der Waals surface area contributed by atoms with Crippen LogP contribution in [0.5, 0.6) is 0 Å². The predicted octanol–water partition coefficient (Wildman–Crippen LogP) is 4.88. The average molecular weight is 271 g/mol. The highest BCUT2D eigenvalue weighted by atomic mass is 35.5. The van der Waals surface area contributed by atoms with Gasteiger partial charge >= 0.3 is 0 Å². The molecule has 0 radical (unpaired) electrons. The Labute approximate surface area is 104 Å². The maximum Gasteiger partial charge on any atom is 0.0985 e. The summed E-state index contributed by atoms with van der Waals surface area (Å²) in [4.78, 5) is 0. The summed E-state index contributed by atoms with van der Waals surface area (Å²) in [7, 11) is 0. The molecule has 0 aliphatic heterocycles. The molecule has 5 heteroatoms. The van der Waals surface area contributed by atoms with Crippen LogP contribution in [0.2, 0.25) is 0 Å². The van der Waals surface area contributed by atoms with Crippen molar-refractivity contribution in [3.05, 3.63) is 45.9 Å². The molecule has 0 aliphatic rings. The van der Waals surface area contributed by atoms with Crippen LogP contribution in [0.25, 0.3) is 0 Å². The Morgan fingerprint density at radius 3 is 1.57 bits per heavy atom. The third-order valence-corrected chi connectivity index (χ3v) is 2.19. The van der Waals surface area contributed by atoms with Crippen LogP contribution >= 0.6 is 46.4 Å². The third-order valence-electron chi connectivity index (χ3n) is 0.810. The Bertz CT molecular complexity index is 280. The van der Waals surface area contributed by atoms with Crippen LogP contribution in [-0.2, 0) is 0 Å². The Hall–Kier alpha value is -0.390. The predicted molar refractivity (Wildman–Crippen MR) is 64.5 cm³/mol. The summed E-state index contributed by atoms with van der Waals surface area (Å²) < 4.78 is 0. The topological polar surface area (TPSA) is 23.8 Å². The summed E-state index contributed by atoms with van der Waals surface area (Å²) in [5.41, 5.74) is 2.70. The highest BCUT2D eigenvalue weighted by Crippen LogP contribution is 2.19. The van der Waals surface area contributed by atoms with Crippen LogP contribution in [0.1, 0.15) is 0 Å². The molecule has 0 aromatic carbocycles. The molecular weight excluding hydrogens is 264 g/mol. The first kappa shape index (κ1) is 16.1. The first-order valence-electron chi connectivity index (χ1n) is 3.17. The van der Waals surface area contributed by atoms with Crippen molar-refractivity contribution in [2.24, 2.45) is 0 Å². The van der Waals surface area contributed by atoms with Crippen molar-refractivity contribution in [3.63, 3.8) is 0 Å². The molecule has 0 fully saturated rings. The van der Waals surface area contributed by atoms with Crippen LogP contribution < -0.4 is 0 Å². The van der Waals surface area contributed by atoms with Gasteiger partial charge in [0, 0.05) is 16.6 Å². The maximum atomic E-state index is 7.91. The van der Waals surface area contributed by atoms with Crippen LogP contribution in [-0.4, -0.2) is 0 Å². The second-order valence-electron chi connectivity index (χ2n) is 1.76. The van der Waals surface area contributed by atoms with E-state index in [0.717, 1.165) is 11.1 Å². The molecule has 0 aliphatic carbocycles. The zero-order chi connectivity index (χ0) is 11.6. The summed E-state index contributed by atoms with van der Waals surface area (Å²) in [6, 6.07) is 1.80. The molecule has 14 heavy (non-hydrogen) atoms. The first-order valence-corrected chi connectivity index (χ1v) is 4.79. The molecule has 0 amide bonds. The second-order valence-corrected chi connectivity index (χ2v) is 3.01. The van der Waals surface area contributed by atoms with Crippen molar-refractivity contribution >= 4 is 46.4 Å². The van der Waals surface area contributed by atoms with Gasteiger partial charge in [-0.3, -0.25) is 0 Å². The molecule has 0 aromatic rings.